The van der Waals surface area contributed by atoms with Gasteiger partial charge in [-0.3, -0.25) is 14.6 Å². The number of carbonyl (C=O) groups excluding carboxylic acids is 2. The van der Waals surface area contributed by atoms with Crippen molar-refractivity contribution in [2.45, 2.75) is 59.0 Å². The van der Waals surface area contributed by atoms with E-state index in [4.69, 9.17) is 0 Å². The number of likely N-dealkylation sites (tertiary alicyclic amines) is 1. The smallest absolute Gasteiger partial charge is 0.225 e. The van der Waals surface area contributed by atoms with E-state index in [-0.39, 0.29) is 34.6 Å². The van der Waals surface area contributed by atoms with Crippen molar-refractivity contribution in [3.05, 3.63) is 30.1 Å². The van der Waals surface area contributed by atoms with Gasteiger partial charge >= 0.3 is 0 Å². The Morgan fingerprint density at radius 1 is 1.35 bits per heavy atom. The summed E-state index contributed by atoms with van der Waals surface area (Å²) in [6, 6.07) is 5.94. The molecule has 1 saturated heterocycles. The van der Waals surface area contributed by atoms with E-state index in [1.807, 2.05) is 18.2 Å². The molecule has 140 valence electrons. The maximum absolute atomic E-state index is 12.9. The van der Waals surface area contributed by atoms with Crippen molar-refractivity contribution in [2.75, 3.05) is 6.54 Å². The highest BCUT2D eigenvalue weighted by atomic mass is 16.2. The van der Waals surface area contributed by atoms with E-state index in [0.29, 0.717) is 25.4 Å². The summed E-state index contributed by atoms with van der Waals surface area (Å²) >= 11 is 0. The van der Waals surface area contributed by atoms with Gasteiger partial charge in [0.2, 0.25) is 11.8 Å². The molecular weight excluding hydrogens is 326 g/mol. The fraction of sp³-hybridized carbons (Fsp3) is 0.667. The molecule has 5 heteroatoms. The van der Waals surface area contributed by atoms with Gasteiger partial charge in [0.15, 0.2) is 0 Å². The molecule has 0 radical (unpaired) electrons. The van der Waals surface area contributed by atoms with Crippen molar-refractivity contribution < 1.29 is 9.59 Å². The van der Waals surface area contributed by atoms with Crippen LogP contribution in [0.4, 0.5) is 0 Å². The SMILES string of the molecule is CC1(C)[C@H]2CC[C@@]1(C)[C@@H](NC(=O)[C@@H]1CC(=O)N(Cc3ccccn3)C1)C2. The summed E-state index contributed by atoms with van der Waals surface area (Å²) in [5, 5.41) is 3.32. The normalized spacial score (nSPS) is 35.1. The van der Waals surface area contributed by atoms with Crippen LogP contribution in [0, 0.1) is 22.7 Å². The number of fused-ring (bicyclic) bond motifs is 2. The highest BCUT2D eigenvalue weighted by Crippen LogP contribution is 2.65. The third-order valence-electron chi connectivity index (χ3n) is 7.77. The number of pyridine rings is 1. The molecule has 2 aliphatic carbocycles. The monoisotopic (exact) mass is 355 g/mol. The van der Waals surface area contributed by atoms with Crippen LogP contribution in [0.1, 0.15) is 52.1 Å². The molecule has 26 heavy (non-hydrogen) atoms. The number of nitrogens with zero attached hydrogens (tertiary/aromatic N) is 2. The Labute approximate surface area is 155 Å². The van der Waals surface area contributed by atoms with Gasteiger partial charge in [-0.25, -0.2) is 0 Å². The zero-order valence-electron chi connectivity index (χ0n) is 16.0. The lowest BCUT2D eigenvalue weighted by Crippen LogP contribution is -2.48. The summed E-state index contributed by atoms with van der Waals surface area (Å²) in [6.07, 6.45) is 5.58. The van der Waals surface area contributed by atoms with Crippen LogP contribution >= 0.6 is 0 Å². The first kappa shape index (κ1) is 17.5. The molecule has 4 atom stereocenters. The van der Waals surface area contributed by atoms with E-state index >= 15 is 0 Å². The molecule has 0 spiro atoms. The first-order valence-corrected chi connectivity index (χ1v) is 9.79. The molecule has 3 fully saturated rings. The standard InChI is InChI=1S/C21H29N3O2/c1-20(2)15-7-8-21(20,3)17(11-15)23-19(26)14-10-18(25)24(12-14)13-16-6-4-5-9-22-16/h4-6,9,14-15,17H,7-8,10-13H2,1-3H3,(H,23,26)/t14-,15+,17+,21+/m1/s1. The van der Waals surface area contributed by atoms with Crippen molar-refractivity contribution >= 4 is 11.8 Å². The van der Waals surface area contributed by atoms with Crippen molar-refractivity contribution in [1.29, 1.82) is 0 Å². The highest BCUT2D eigenvalue weighted by Gasteiger charge is 2.61. The second-order valence-electron chi connectivity index (χ2n) is 9.17. The van der Waals surface area contributed by atoms with E-state index in [1.165, 1.54) is 12.8 Å². The minimum atomic E-state index is -0.239. The minimum Gasteiger partial charge on any atom is -0.352 e. The van der Waals surface area contributed by atoms with E-state index in [2.05, 4.69) is 31.1 Å². The van der Waals surface area contributed by atoms with Gasteiger partial charge in [0.1, 0.15) is 0 Å². The summed E-state index contributed by atoms with van der Waals surface area (Å²) in [4.78, 5) is 31.3. The average molecular weight is 355 g/mol. The number of hydrogen-bond donors (Lipinski definition) is 1. The van der Waals surface area contributed by atoms with Gasteiger partial charge < -0.3 is 10.2 Å². The molecule has 4 rings (SSSR count). The summed E-state index contributed by atoms with van der Waals surface area (Å²) in [7, 11) is 0. The average Bonchev–Trinajstić information content (AvgIpc) is 3.14. The zero-order chi connectivity index (χ0) is 18.5. The molecule has 1 aliphatic heterocycles. The van der Waals surface area contributed by atoms with Gasteiger partial charge in [-0.05, 0) is 48.1 Å². The topological polar surface area (TPSA) is 62.3 Å². The van der Waals surface area contributed by atoms with Crippen LogP contribution in [0.2, 0.25) is 0 Å². The van der Waals surface area contributed by atoms with E-state index in [0.717, 1.165) is 12.1 Å². The van der Waals surface area contributed by atoms with Gasteiger partial charge in [-0.1, -0.05) is 26.8 Å². The Morgan fingerprint density at radius 2 is 2.15 bits per heavy atom. The molecule has 1 aromatic rings. The third kappa shape index (κ3) is 2.63. The van der Waals surface area contributed by atoms with E-state index < -0.39 is 0 Å². The first-order chi connectivity index (χ1) is 12.3. The van der Waals surface area contributed by atoms with Crippen molar-refractivity contribution in [3.8, 4) is 0 Å². The first-order valence-electron chi connectivity index (χ1n) is 9.79. The molecule has 2 heterocycles. The number of carbonyl (C=O) groups is 2. The fourth-order valence-corrected chi connectivity index (χ4v) is 5.50. The van der Waals surface area contributed by atoms with Crippen LogP contribution in [-0.2, 0) is 16.1 Å². The molecule has 5 nitrogen and oxygen atoms in total. The summed E-state index contributed by atoms with van der Waals surface area (Å²) in [6.45, 7) is 8.02. The Morgan fingerprint density at radius 3 is 2.77 bits per heavy atom. The third-order valence-corrected chi connectivity index (χ3v) is 7.77. The summed E-state index contributed by atoms with van der Waals surface area (Å²) in [5.41, 5.74) is 1.31. The fourth-order valence-electron chi connectivity index (χ4n) is 5.50. The van der Waals surface area contributed by atoms with Crippen LogP contribution in [0.5, 0.6) is 0 Å². The molecule has 1 aromatic heterocycles. The second kappa shape index (κ2) is 6.07. The Bertz CT molecular complexity index is 717. The Hall–Kier alpha value is -1.91. The lowest BCUT2D eigenvalue weighted by molar-refractivity contribution is -0.129. The number of aromatic nitrogens is 1. The van der Waals surface area contributed by atoms with Crippen LogP contribution < -0.4 is 5.32 Å². The van der Waals surface area contributed by atoms with Gasteiger partial charge in [0.25, 0.3) is 0 Å². The summed E-state index contributed by atoms with van der Waals surface area (Å²) < 4.78 is 0. The van der Waals surface area contributed by atoms with Crippen LogP contribution in [-0.4, -0.2) is 34.3 Å². The van der Waals surface area contributed by atoms with Crippen LogP contribution in [0.15, 0.2) is 24.4 Å². The second-order valence-corrected chi connectivity index (χ2v) is 9.17. The van der Waals surface area contributed by atoms with Crippen LogP contribution in [0.3, 0.4) is 0 Å². The number of hydrogen-bond acceptors (Lipinski definition) is 3. The Balaban J connectivity index is 1.38. The molecule has 1 N–H and O–H groups in total. The molecule has 0 unspecified atom stereocenters. The molecule has 2 bridgehead atoms. The summed E-state index contributed by atoms with van der Waals surface area (Å²) in [5.74, 6) is 0.562. The number of nitrogens with one attached hydrogen (secondary N) is 1. The highest BCUT2D eigenvalue weighted by molar-refractivity contribution is 5.89. The molecule has 2 amide bonds. The number of amides is 2. The maximum atomic E-state index is 12.9. The molecule has 0 aromatic carbocycles. The van der Waals surface area contributed by atoms with E-state index in [1.54, 1.807) is 11.1 Å². The zero-order valence-corrected chi connectivity index (χ0v) is 16.0. The van der Waals surface area contributed by atoms with Gasteiger partial charge in [0, 0.05) is 25.2 Å². The molecule has 2 saturated carbocycles. The number of rotatable bonds is 4. The van der Waals surface area contributed by atoms with Crippen molar-refractivity contribution in [3.63, 3.8) is 0 Å². The van der Waals surface area contributed by atoms with Gasteiger partial charge in [-0.15, -0.1) is 0 Å². The predicted octanol–water partition coefficient (Wildman–Crippen LogP) is 2.76. The maximum Gasteiger partial charge on any atom is 0.225 e. The van der Waals surface area contributed by atoms with Crippen molar-refractivity contribution in [1.82, 2.24) is 15.2 Å². The largest absolute Gasteiger partial charge is 0.352 e. The minimum absolute atomic E-state index is 0.0512. The lowest BCUT2D eigenvalue weighted by Gasteiger charge is -2.39. The lowest BCUT2D eigenvalue weighted by atomic mass is 9.69. The van der Waals surface area contributed by atoms with Crippen LogP contribution in [0.25, 0.3) is 0 Å². The predicted molar refractivity (Wildman–Crippen MR) is 98.9 cm³/mol. The Kier molecular flexibility index (Phi) is 4.08. The van der Waals surface area contributed by atoms with Gasteiger partial charge in [-0.2, -0.15) is 0 Å². The van der Waals surface area contributed by atoms with Gasteiger partial charge in [0.05, 0.1) is 18.2 Å². The van der Waals surface area contributed by atoms with Crippen molar-refractivity contribution in [2.24, 2.45) is 22.7 Å². The van der Waals surface area contributed by atoms with E-state index in [9.17, 15) is 9.59 Å². The molecular formula is C21H29N3O2. The molecule has 3 aliphatic rings. The quantitative estimate of drug-likeness (QED) is 0.903.